The van der Waals surface area contributed by atoms with E-state index in [2.05, 4.69) is 0 Å². The molecule has 0 aromatic heterocycles. The molecule has 0 saturated carbocycles. The number of nitrogens with zero attached hydrogens (tertiary/aromatic N) is 4. The number of aliphatic hydroxyl groups is 2. The first kappa shape index (κ1) is 39.2. The van der Waals surface area contributed by atoms with Gasteiger partial charge in [-0.2, -0.15) is 36.9 Å². The molecule has 8 fully saturated rings. The lowest BCUT2D eigenvalue weighted by Crippen LogP contribution is -2.53. The summed E-state index contributed by atoms with van der Waals surface area (Å²) in [5.41, 5.74) is -6.58. The number of carbonyl (C=O) groups excluding carboxylic acids is 2. The van der Waals surface area contributed by atoms with Gasteiger partial charge in [-0.1, -0.05) is 13.8 Å². The van der Waals surface area contributed by atoms with Crippen molar-refractivity contribution in [2.45, 2.75) is 112 Å². The Labute approximate surface area is 327 Å². The Morgan fingerprint density at radius 1 is 0.707 bits per heavy atom. The number of anilines is 2. The highest BCUT2D eigenvalue weighted by Crippen LogP contribution is 2.68. The first-order valence-electron chi connectivity index (χ1n) is 19.3. The highest BCUT2D eigenvalue weighted by molar-refractivity contribution is 6.01. The zero-order valence-electron chi connectivity index (χ0n) is 31.1. The van der Waals surface area contributed by atoms with Gasteiger partial charge in [0, 0.05) is 48.9 Å². The average Bonchev–Trinajstić information content (AvgIpc) is 3.98. The van der Waals surface area contributed by atoms with Crippen LogP contribution in [0.5, 0.6) is 0 Å². The van der Waals surface area contributed by atoms with Crippen LogP contribution in [0.1, 0.15) is 74.6 Å². The smallest absolute Gasteiger partial charge is 0.390 e. The Morgan fingerprint density at radius 3 is 1.41 bits per heavy atom. The molecule has 2 aromatic rings. The largest absolute Gasteiger partial charge is 0.417 e. The van der Waals surface area contributed by atoms with Crippen molar-refractivity contribution in [3.8, 4) is 12.1 Å². The number of nitriles is 2. The minimum absolute atomic E-state index is 0.0397. The third kappa shape index (κ3) is 4.96. The molecule has 12 atom stereocenters. The number of ether oxygens (including phenoxy) is 4. The van der Waals surface area contributed by atoms with E-state index in [9.17, 15) is 46.1 Å². The number of amides is 2. The predicted octanol–water partition coefficient (Wildman–Crippen LogP) is 5.17. The number of aliphatic hydroxyl groups excluding tert-OH is 2. The Balaban J connectivity index is 0.000000150. The number of alkyl halides is 6. The molecule has 2 N–H and O–H groups in total. The molecule has 2 aromatic carbocycles. The number of fused-ring (bicyclic) bond motifs is 4. The molecule has 8 aliphatic heterocycles. The third-order valence-electron chi connectivity index (χ3n) is 14.3. The Kier molecular flexibility index (Phi) is 8.52. The second-order valence-electron chi connectivity index (χ2n) is 16.5. The van der Waals surface area contributed by atoms with Crippen LogP contribution in [0.15, 0.2) is 36.4 Å². The average molecular weight is 817 g/mol. The van der Waals surface area contributed by atoms with E-state index in [0.29, 0.717) is 38.5 Å². The van der Waals surface area contributed by atoms with Gasteiger partial charge < -0.3 is 29.2 Å². The van der Waals surface area contributed by atoms with Crippen molar-refractivity contribution in [2.75, 3.05) is 23.0 Å². The van der Waals surface area contributed by atoms with Gasteiger partial charge >= 0.3 is 12.4 Å². The van der Waals surface area contributed by atoms with Gasteiger partial charge in [-0.3, -0.25) is 19.4 Å². The molecular weight excluding hydrogens is 778 g/mol. The highest BCUT2D eigenvalue weighted by Gasteiger charge is 2.80. The molecule has 2 spiro atoms. The zero-order valence-corrected chi connectivity index (χ0v) is 31.1. The van der Waals surface area contributed by atoms with E-state index in [-0.39, 0.29) is 36.4 Å². The van der Waals surface area contributed by atoms with E-state index in [0.717, 1.165) is 24.3 Å². The molecule has 0 radical (unpaired) electrons. The molecule has 8 heterocycles. The summed E-state index contributed by atoms with van der Waals surface area (Å²) in [4.78, 5) is 29.4. The van der Waals surface area contributed by atoms with Crippen molar-refractivity contribution in [1.82, 2.24) is 0 Å². The van der Waals surface area contributed by atoms with Gasteiger partial charge in [0.2, 0.25) is 11.8 Å². The van der Waals surface area contributed by atoms with Gasteiger partial charge in [0.1, 0.15) is 23.7 Å². The molecule has 308 valence electrons. The van der Waals surface area contributed by atoms with E-state index in [1.165, 1.54) is 21.9 Å². The first-order chi connectivity index (χ1) is 27.4. The molecule has 2 amide bonds. The van der Waals surface area contributed by atoms with Crippen LogP contribution in [0.3, 0.4) is 0 Å². The fraction of sp³-hybridized carbons (Fsp3) is 0.600. The lowest BCUT2D eigenvalue weighted by Gasteiger charge is -2.42. The molecule has 18 heteroatoms. The van der Waals surface area contributed by atoms with E-state index in [1.807, 2.05) is 13.8 Å². The number of carbonyl (C=O) groups is 2. The Hall–Kier alpha value is -4.30. The van der Waals surface area contributed by atoms with Crippen LogP contribution >= 0.6 is 0 Å². The van der Waals surface area contributed by atoms with Crippen LogP contribution in [0.4, 0.5) is 37.7 Å². The Morgan fingerprint density at radius 2 is 1.09 bits per heavy atom. The van der Waals surface area contributed by atoms with Crippen LogP contribution in [0.2, 0.25) is 0 Å². The van der Waals surface area contributed by atoms with Gasteiger partial charge in [0.25, 0.3) is 0 Å². The lowest BCUT2D eigenvalue weighted by atomic mass is 9.64. The summed E-state index contributed by atoms with van der Waals surface area (Å²) in [6.07, 6.45) is -9.87. The topological polar surface area (TPSA) is 166 Å². The molecular formula is C40H38F6N4O8. The predicted molar refractivity (Wildman–Crippen MR) is 185 cm³/mol. The van der Waals surface area contributed by atoms with Crippen molar-refractivity contribution < 1.29 is 65.1 Å². The van der Waals surface area contributed by atoms with Crippen LogP contribution in [0, 0.1) is 46.3 Å². The van der Waals surface area contributed by atoms with Crippen molar-refractivity contribution in [3.63, 3.8) is 0 Å². The molecule has 8 saturated heterocycles. The monoisotopic (exact) mass is 816 g/mol. The third-order valence-corrected chi connectivity index (χ3v) is 14.3. The van der Waals surface area contributed by atoms with Crippen molar-refractivity contribution in [2.24, 2.45) is 23.7 Å². The van der Waals surface area contributed by atoms with Crippen molar-refractivity contribution >= 4 is 23.2 Å². The van der Waals surface area contributed by atoms with Crippen LogP contribution in [-0.4, -0.2) is 82.3 Å². The summed E-state index contributed by atoms with van der Waals surface area (Å²) < 4.78 is 105. The summed E-state index contributed by atoms with van der Waals surface area (Å²) in [6.45, 7) is 4.25. The van der Waals surface area contributed by atoms with E-state index in [1.54, 1.807) is 12.1 Å². The fourth-order valence-electron chi connectivity index (χ4n) is 11.9. The molecule has 12 nitrogen and oxygen atoms in total. The minimum Gasteiger partial charge on any atom is -0.390 e. The van der Waals surface area contributed by atoms with Crippen LogP contribution in [-0.2, 0) is 40.9 Å². The van der Waals surface area contributed by atoms with Gasteiger partial charge in [0.15, 0.2) is 0 Å². The maximum absolute atomic E-state index is 13.5. The van der Waals surface area contributed by atoms with Crippen LogP contribution < -0.4 is 9.80 Å². The summed E-state index contributed by atoms with van der Waals surface area (Å²) in [5.74, 6) is -2.85. The maximum Gasteiger partial charge on any atom is 0.417 e. The summed E-state index contributed by atoms with van der Waals surface area (Å²) in [7, 11) is 0. The first-order valence-corrected chi connectivity index (χ1v) is 19.3. The molecule has 10 rings (SSSR count). The molecule has 4 bridgehead atoms. The number of hydrogen-bond acceptors (Lipinski definition) is 10. The second kappa shape index (κ2) is 12.6. The fourth-order valence-corrected chi connectivity index (χ4v) is 11.9. The molecule has 8 aliphatic rings. The summed E-state index contributed by atoms with van der Waals surface area (Å²) in [6, 6.07) is 9.61. The maximum atomic E-state index is 13.5. The van der Waals surface area contributed by atoms with E-state index >= 15 is 0 Å². The quantitative estimate of drug-likeness (QED) is 0.394. The highest BCUT2D eigenvalue weighted by atomic mass is 19.4. The van der Waals surface area contributed by atoms with Gasteiger partial charge in [-0.05, 0) is 49.2 Å². The minimum atomic E-state index is -4.72. The number of benzene rings is 2. The van der Waals surface area contributed by atoms with Crippen LogP contribution in [0.25, 0.3) is 0 Å². The lowest BCUT2D eigenvalue weighted by molar-refractivity contribution is -0.147. The van der Waals surface area contributed by atoms with E-state index in [4.69, 9.17) is 29.5 Å². The second-order valence-corrected chi connectivity index (χ2v) is 16.5. The standard InChI is InChI=1S/2C20H19F3N2O4/c2*1-2-19-13(26)8-18(29-19)5-6-28-17-15(18)14(19)16(27)25(17)11-4-3-10(9-24)12(7-11)20(21,22)23/h2*3-4,7,13-15,17,26H,2,5-6,8H2,1H3/t2*13-,14-,15+,17+,18+,19-/m10/s1. The molecule has 0 unspecified atom stereocenters. The number of hydrogen-bond donors (Lipinski definition) is 2. The summed E-state index contributed by atoms with van der Waals surface area (Å²) in [5, 5.41) is 39.5. The number of rotatable bonds is 4. The Bertz CT molecular complexity index is 2040. The van der Waals surface area contributed by atoms with Gasteiger partial charge in [-0.15, -0.1) is 0 Å². The normalized spacial score (nSPS) is 40.3. The summed E-state index contributed by atoms with van der Waals surface area (Å²) >= 11 is 0. The van der Waals surface area contributed by atoms with E-state index < -0.39 is 105 Å². The van der Waals surface area contributed by atoms with Gasteiger partial charge in [0.05, 0.1) is 82.9 Å². The zero-order chi connectivity index (χ0) is 41.5. The van der Waals surface area contributed by atoms with Gasteiger partial charge in [-0.25, -0.2) is 0 Å². The molecule has 58 heavy (non-hydrogen) atoms. The SMILES string of the molecule is CC[C@@]12O[C@]3(CCO[C@@H]4[C@H]3[C@H]1C(=O)N4c1ccc(C#N)c(C(F)(F)F)c1)C[C@@H]2O.CC[C@]12O[C@@]3(CCO[C@H]4[C@@H]3[C@@H]1C(=O)N4c1ccc(C#N)c(C(F)(F)F)c1)C[C@H]2O. The molecule has 0 aliphatic carbocycles. The van der Waals surface area contributed by atoms with Crippen molar-refractivity contribution in [3.05, 3.63) is 58.7 Å². The number of halogens is 6. The van der Waals surface area contributed by atoms with Crippen molar-refractivity contribution in [1.29, 1.82) is 10.5 Å².